The molecule has 0 bridgehead atoms. The Bertz CT molecular complexity index is 1240. The quantitative estimate of drug-likeness (QED) is 0.0520. The first kappa shape index (κ1) is 37.7. The second-order valence-corrected chi connectivity index (χ2v) is 11.9. The molecule has 0 spiro atoms. The van der Waals surface area contributed by atoms with Crippen LogP contribution in [0.2, 0.25) is 0 Å². The summed E-state index contributed by atoms with van der Waals surface area (Å²) in [6.07, 6.45) is 0.261. The van der Waals surface area contributed by atoms with Gasteiger partial charge in [-0.05, 0) is 62.6 Å². The zero-order valence-electron chi connectivity index (χ0n) is 26.5. The Kier molecular flexibility index (Phi) is 14.7. The summed E-state index contributed by atoms with van der Waals surface area (Å²) in [5.41, 5.74) is 17.3. The van der Waals surface area contributed by atoms with Crippen LogP contribution < -0.4 is 33.2 Å². The van der Waals surface area contributed by atoms with E-state index in [1.165, 1.54) is 24.0 Å². The molecule has 0 aromatic heterocycles. The molecule has 1 fully saturated rings. The fourth-order valence-corrected chi connectivity index (χ4v) is 5.11. The van der Waals surface area contributed by atoms with Gasteiger partial charge in [0.1, 0.15) is 23.9 Å². The fraction of sp³-hybridized carbons (Fsp3) is 0.600. The van der Waals surface area contributed by atoms with Gasteiger partial charge in [-0.2, -0.15) is 0 Å². The lowest BCUT2D eigenvalue weighted by molar-refractivity contribution is -0.147. The first-order valence-corrected chi connectivity index (χ1v) is 15.3. The lowest BCUT2D eigenvalue weighted by Crippen LogP contribution is -2.59. The largest absolute Gasteiger partial charge is 0.508 e. The molecule has 1 aromatic rings. The summed E-state index contributed by atoms with van der Waals surface area (Å²) in [5.74, 6) is -4.05. The molecule has 1 aliphatic rings. The second kappa shape index (κ2) is 17.9. The van der Waals surface area contributed by atoms with Gasteiger partial charge in [0.25, 0.3) is 0 Å². The molecule has 6 atom stereocenters. The van der Waals surface area contributed by atoms with Crippen molar-refractivity contribution in [2.75, 3.05) is 13.1 Å². The van der Waals surface area contributed by atoms with E-state index < -0.39 is 65.9 Å². The number of aromatic hydroxyl groups is 1. The van der Waals surface area contributed by atoms with E-state index in [2.05, 4.69) is 20.9 Å². The standard InChI is InChI=1S/C30H48N8O8/c1-16(2)14-22(28(44)38-13-5-7-23(38)27(43)37-24(17(3)39)29(45)46)36-26(42)21(15-18-8-10-19(40)11-9-18)35-25(41)20(31)6-4-12-34-30(32)33/h8-11,16-17,20-24,39-40H,4-7,12-15,31H2,1-3H3,(H,35,41)(H,36,42)(H,37,43)(H,45,46)(H4,32,33,34)/t17-,20-,21-,22-,23+,24+/m0/s1. The maximum Gasteiger partial charge on any atom is 0.328 e. The number of nitrogens with two attached hydrogens (primary N) is 3. The molecule has 4 amide bonds. The minimum absolute atomic E-state index is 0.0197. The van der Waals surface area contributed by atoms with Crippen LogP contribution in [0.25, 0.3) is 0 Å². The first-order chi connectivity index (χ1) is 21.6. The van der Waals surface area contributed by atoms with Gasteiger partial charge in [0.15, 0.2) is 12.0 Å². The molecule has 0 aliphatic carbocycles. The van der Waals surface area contributed by atoms with Crippen LogP contribution in [-0.4, -0.2) is 105 Å². The fourth-order valence-electron chi connectivity index (χ4n) is 5.11. The molecule has 46 heavy (non-hydrogen) atoms. The van der Waals surface area contributed by atoms with Crippen molar-refractivity contribution < 1.29 is 39.3 Å². The zero-order valence-corrected chi connectivity index (χ0v) is 26.5. The molecule has 256 valence electrons. The van der Waals surface area contributed by atoms with Crippen LogP contribution in [0, 0.1) is 5.92 Å². The number of carbonyl (C=O) groups excluding carboxylic acids is 4. The van der Waals surface area contributed by atoms with Crippen molar-refractivity contribution in [2.45, 2.75) is 95.6 Å². The number of aliphatic imine (C=N–C) groups is 1. The van der Waals surface area contributed by atoms with E-state index in [0.29, 0.717) is 18.4 Å². The number of nitrogens with zero attached hydrogens (tertiary/aromatic N) is 2. The summed E-state index contributed by atoms with van der Waals surface area (Å²) >= 11 is 0. The molecule has 0 unspecified atom stereocenters. The molecule has 1 heterocycles. The third-order valence-electron chi connectivity index (χ3n) is 7.52. The predicted molar refractivity (Wildman–Crippen MR) is 169 cm³/mol. The maximum absolute atomic E-state index is 13.8. The van der Waals surface area contributed by atoms with E-state index in [1.807, 2.05) is 13.8 Å². The van der Waals surface area contributed by atoms with Crippen LogP contribution in [0.1, 0.15) is 58.4 Å². The highest BCUT2D eigenvalue weighted by atomic mass is 16.4. The van der Waals surface area contributed by atoms with Gasteiger partial charge < -0.3 is 53.4 Å². The lowest BCUT2D eigenvalue weighted by atomic mass is 10.00. The molecular weight excluding hydrogens is 600 g/mol. The van der Waals surface area contributed by atoms with Crippen LogP contribution in [0.15, 0.2) is 29.3 Å². The number of phenolic OH excluding ortho intramolecular Hbond substituents is 1. The number of aliphatic carboxylic acids is 1. The molecule has 16 nitrogen and oxygen atoms in total. The molecule has 2 rings (SSSR count). The van der Waals surface area contributed by atoms with Crippen LogP contribution in [0.4, 0.5) is 0 Å². The number of aliphatic hydroxyl groups is 1. The monoisotopic (exact) mass is 648 g/mol. The molecule has 1 aliphatic heterocycles. The number of phenols is 1. The summed E-state index contributed by atoms with van der Waals surface area (Å²) in [5, 5.41) is 36.6. The first-order valence-electron chi connectivity index (χ1n) is 15.3. The molecule has 16 heteroatoms. The third-order valence-corrected chi connectivity index (χ3v) is 7.52. The summed E-state index contributed by atoms with van der Waals surface area (Å²) in [4.78, 5) is 70.3. The Morgan fingerprint density at radius 2 is 1.63 bits per heavy atom. The van der Waals surface area contributed by atoms with E-state index in [0.717, 1.165) is 0 Å². The van der Waals surface area contributed by atoms with Crippen molar-refractivity contribution in [1.82, 2.24) is 20.9 Å². The number of benzene rings is 1. The lowest BCUT2D eigenvalue weighted by Gasteiger charge is -2.31. The Hall–Kier alpha value is -4.44. The molecule has 12 N–H and O–H groups in total. The van der Waals surface area contributed by atoms with Crippen molar-refractivity contribution >= 4 is 35.6 Å². The van der Waals surface area contributed by atoms with E-state index in [9.17, 15) is 39.3 Å². The Labute approximate surface area is 268 Å². The van der Waals surface area contributed by atoms with Gasteiger partial charge in [-0.15, -0.1) is 0 Å². The summed E-state index contributed by atoms with van der Waals surface area (Å²) in [6, 6.07) is 0.330. The average Bonchev–Trinajstić information content (AvgIpc) is 3.47. The normalized spacial score (nSPS) is 17.7. The topological polar surface area (TPSA) is 276 Å². The Balaban J connectivity index is 2.25. The van der Waals surface area contributed by atoms with Gasteiger partial charge in [-0.1, -0.05) is 26.0 Å². The molecule has 0 radical (unpaired) electrons. The number of carboxylic acid groups (broad SMARTS) is 1. The number of rotatable bonds is 17. The van der Waals surface area contributed by atoms with Gasteiger partial charge in [0.2, 0.25) is 23.6 Å². The number of carbonyl (C=O) groups is 5. The number of likely N-dealkylation sites (tertiary alicyclic amines) is 1. The maximum atomic E-state index is 13.8. The Morgan fingerprint density at radius 1 is 1.00 bits per heavy atom. The highest BCUT2D eigenvalue weighted by Crippen LogP contribution is 2.21. The third kappa shape index (κ3) is 11.8. The highest BCUT2D eigenvalue weighted by Gasteiger charge is 2.40. The summed E-state index contributed by atoms with van der Waals surface area (Å²) in [7, 11) is 0. The van der Waals surface area contributed by atoms with E-state index in [4.69, 9.17) is 17.2 Å². The number of amides is 4. The average molecular weight is 649 g/mol. The minimum atomic E-state index is -1.56. The predicted octanol–water partition coefficient (Wildman–Crippen LogP) is -1.73. The van der Waals surface area contributed by atoms with E-state index in [-0.39, 0.29) is 56.4 Å². The van der Waals surface area contributed by atoms with Crippen LogP contribution in [0.3, 0.4) is 0 Å². The summed E-state index contributed by atoms with van der Waals surface area (Å²) < 4.78 is 0. The minimum Gasteiger partial charge on any atom is -0.508 e. The molecule has 1 aromatic carbocycles. The highest BCUT2D eigenvalue weighted by molar-refractivity contribution is 5.96. The van der Waals surface area contributed by atoms with Crippen molar-refractivity contribution in [3.8, 4) is 5.75 Å². The van der Waals surface area contributed by atoms with Crippen LogP contribution in [0.5, 0.6) is 5.75 Å². The van der Waals surface area contributed by atoms with E-state index >= 15 is 0 Å². The number of hydrogen-bond acceptors (Lipinski definition) is 9. The number of guanidine groups is 1. The summed E-state index contributed by atoms with van der Waals surface area (Å²) in [6.45, 7) is 5.43. The van der Waals surface area contributed by atoms with Gasteiger partial charge in [-0.3, -0.25) is 24.2 Å². The molecular formula is C30H48N8O8. The molecule has 1 saturated heterocycles. The van der Waals surface area contributed by atoms with Crippen molar-refractivity contribution in [1.29, 1.82) is 0 Å². The Morgan fingerprint density at radius 3 is 2.20 bits per heavy atom. The van der Waals surface area contributed by atoms with Crippen molar-refractivity contribution in [3.05, 3.63) is 29.8 Å². The number of nitrogens with one attached hydrogen (secondary N) is 3. The van der Waals surface area contributed by atoms with Crippen molar-refractivity contribution in [3.63, 3.8) is 0 Å². The van der Waals surface area contributed by atoms with Crippen LogP contribution in [-0.2, 0) is 30.4 Å². The number of hydrogen-bond donors (Lipinski definition) is 9. The van der Waals surface area contributed by atoms with Crippen molar-refractivity contribution in [2.24, 2.45) is 28.1 Å². The van der Waals surface area contributed by atoms with Gasteiger partial charge in [0.05, 0.1) is 12.1 Å². The zero-order chi connectivity index (χ0) is 34.6. The van der Waals surface area contributed by atoms with Gasteiger partial charge >= 0.3 is 5.97 Å². The van der Waals surface area contributed by atoms with Gasteiger partial charge in [-0.25, -0.2) is 4.79 Å². The molecule has 0 saturated carbocycles. The van der Waals surface area contributed by atoms with Gasteiger partial charge in [0, 0.05) is 19.5 Å². The second-order valence-electron chi connectivity index (χ2n) is 11.9. The smallest absolute Gasteiger partial charge is 0.328 e. The SMILES string of the molecule is CC(C)C[C@H](NC(=O)[C@H](Cc1ccc(O)cc1)NC(=O)[C@@H](N)CCCN=C(N)N)C(=O)N1CCC[C@@H]1C(=O)N[C@@H](C(=O)O)[C@H](C)O. The van der Waals surface area contributed by atoms with Crippen LogP contribution >= 0.6 is 0 Å². The number of aliphatic hydroxyl groups excluding tert-OH is 1. The van der Waals surface area contributed by atoms with E-state index in [1.54, 1.807) is 12.1 Å². The number of carboxylic acids is 1.